The maximum Gasteiger partial charge on any atom is 0.257 e. The average molecular weight is 501 g/mol. The fourth-order valence-electron chi connectivity index (χ4n) is 4.33. The van der Waals surface area contributed by atoms with Gasteiger partial charge in [0.1, 0.15) is 6.04 Å². The van der Waals surface area contributed by atoms with Crippen molar-refractivity contribution in [2.75, 3.05) is 44.3 Å². The Bertz CT molecular complexity index is 1220. The molecule has 3 amide bonds. The van der Waals surface area contributed by atoms with Crippen LogP contribution in [0.15, 0.2) is 53.4 Å². The number of aryl methyl sites for hydroxylation is 1. The molecule has 2 aliphatic rings. The number of rotatable bonds is 7. The van der Waals surface area contributed by atoms with E-state index in [4.69, 9.17) is 9.88 Å². The second kappa shape index (κ2) is 10.2. The Hall–Kier alpha value is -3.12. The Morgan fingerprint density at radius 3 is 2.43 bits per heavy atom. The van der Waals surface area contributed by atoms with Crippen molar-refractivity contribution in [3.05, 3.63) is 59.7 Å². The van der Waals surface area contributed by atoms with Gasteiger partial charge in [-0.3, -0.25) is 19.3 Å². The van der Waals surface area contributed by atoms with Gasteiger partial charge in [-0.15, -0.1) is 0 Å². The van der Waals surface area contributed by atoms with Crippen molar-refractivity contribution >= 4 is 33.4 Å². The zero-order valence-electron chi connectivity index (χ0n) is 19.4. The number of carbonyl (C=O) groups excluding carboxylic acids is 3. The van der Waals surface area contributed by atoms with Crippen LogP contribution in [-0.2, 0) is 24.3 Å². The number of amides is 3. The van der Waals surface area contributed by atoms with Gasteiger partial charge in [0, 0.05) is 31.7 Å². The maximum absolute atomic E-state index is 13.5. The molecular weight excluding hydrogens is 472 g/mol. The van der Waals surface area contributed by atoms with Gasteiger partial charge in [-0.05, 0) is 43.3 Å². The number of hydrogen-bond acceptors (Lipinski definition) is 7. The molecule has 2 aromatic carbocycles. The highest BCUT2D eigenvalue weighted by Crippen LogP contribution is 2.27. The minimum Gasteiger partial charge on any atom is -0.379 e. The predicted molar refractivity (Wildman–Crippen MR) is 128 cm³/mol. The number of benzene rings is 2. The van der Waals surface area contributed by atoms with E-state index in [0.29, 0.717) is 25.3 Å². The van der Waals surface area contributed by atoms with E-state index in [0.717, 1.165) is 23.6 Å². The summed E-state index contributed by atoms with van der Waals surface area (Å²) in [6.07, 6.45) is -0.156. The van der Waals surface area contributed by atoms with Crippen LogP contribution in [-0.4, -0.2) is 81.4 Å². The van der Waals surface area contributed by atoms with Gasteiger partial charge >= 0.3 is 0 Å². The van der Waals surface area contributed by atoms with Crippen molar-refractivity contribution in [1.82, 2.24) is 9.80 Å². The number of morpholine rings is 1. The van der Waals surface area contributed by atoms with Crippen molar-refractivity contribution < 1.29 is 27.5 Å². The molecule has 0 saturated carbocycles. The Kier molecular flexibility index (Phi) is 7.31. The third kappa shape index (κ3) is 5.59. The number of nitrogens with zero attached hydrogens (tertiary/aromatic N) is 3. The molecule has 2 saturated heterocycles. The van der Waals surface area contributed by atoms with Crippen LogP contribution in [0, 0.1) is 6.92 Å². The van der Waals surface area contributed by atoms with E-state index >= 15 is 0 Å². The normalized spacial score (nSPS) is 19.3. The highest BCUT2D eigenvalue weighted by atomic mass is 32.2. The Balaban J connectivity index is 1.60. The molecule has 2 heterocycles. The topological polar surface area (TPSA) is 130 Å². The van der Waals surface area contributed by atoms with Crippen LogP contribution in [0.2, 0.25) is 0 Å². The first-order chi connectivity index (χ1) is 16.6. The summed E-state index contributed by atoms with van der Waals surface area (Å²) in [5.41, 5.74) is 1.59. The number of nitrogens with two attached hydrogens (primary N) is 1. The summed E-state index contributed by atoms with van der Waals surface area (Å²) in [5.74, 6) is -1.31. The van der Waals surface area contributed by atoms with Crippen LogP contribution in [0.25, 0.3) is 0 Å². The van der Waals surface area contributed by atoms with E-state index in [2.05, 4.69) is 4.90 Å². The lowest BCUT2D eigenvalue weighted by Crippen LogP contribution is -2.49. The lowest BCUT2D eigenvalue weighted by molar-refractivity contribution is -0.122. The predicted octanol–water partition coefficient (Wildman–Crippen LogP) is 0.749. The summed E-state index contributed by atoms with van der Waals surface area (Å²) < 4.78 is 28.5. The van der Waals surface area contributed by atoms with E-state index in [9.17, 15) is 22.8 Å². The second-order valence-corrected chi connectivity index (χ2v) is 10.2. The van der Waals surface area contributed by atoms with Crippen molar-refractivity contribution in [2.45, 2.75) is 24.3 Å². The molecule has 1 unspecified atom stereocenters. The lowest BCUT2D eigenvalue weighted by Gasteiger charge is -2.32. The molecule has 1 atom stereocenters. The third-order valence-electron chi connectivity index (χ3n) is 6.21. The first kappa shape index (κ1) is 25.0. The summed E-state index contributed by atoms with van der Waals surface area (Å²) in [7, 11) is -3.91. The molecule has 10 nitrogen and oxygen atoms in total. The van der Waals surface area contributed by atoms with Crippen LogP contribution in [0.3, 0.4) is 0 Å². The van der Waals surface area contributed by atoms with E-state index in [1.807, 2.05) is 13.0 Å². The summed E-state index contributed by atoms with van der Waals surface area (Å²) in [6.45, 7) is 5.37. The Morgan fingerprint density at radius 2 is 1.80 bits per heavy atom. The highest BCUT2D eigenvalue weighted by molar-refractivity contribution is 7.89. The highest BCUT2D eigenvalue weighted by Gasteiger charge is 2.44. The van der Waals surface area contributed by atoms with Crippen molar-refractivity contribution in [3.8, 4) is 0 Å². The zero-order valence-corrected chi connectivity index (χ0v) is 20.2. The van der Waals surface area contributed by atoms with Crippen molar-refractivity contribution in [3.63, 3.8) is 0 Å². The number of sulfonamides is 1. The van der Waals surface area contributed by atoms with Gasteiger partial charge in [-0.2, -0.15) is 0 Å². The molecule has 11 heteroatoms. The first-order valence-electron chi connectivity index (χ1n) is 11.3. The van der Waals surface area contributed by atoms with E-state index in [1.54, 1.807) is 18.2 Å². The summed E-state index contributed by atoms with van der Waals surface area (Å²) in [4.78, 5) is 44.4. The van der Waals surface area contributed by atoms with Gasteiger partial charge in [0.25, 0.3) is 11.8 Å². The lowest BCUT2D eigenvalue weighted by atomic mass is 10.1. The van der Waals surface area contributed by atoms with Crippen LogP contribution in [0.4, 0.5) is 5.69 Å². The minimum absolute atomic E-state index is 0.126. The second-order valence-electron chi connectivity index (χ2n) is 8.65. The number of anilines is 1. The molecular formula is C24H28N4O6S. The summed E-state index contributed by atoms with van der Waals surface area (Å²) in [5, 5.41) is 5.14. The standard InChI is InChI=1S/C24H28N4O6S/c1-17-3-2-4-18(15-17)23(30)27(10-9-26-11-13-34-14-12-26)21-16-22(29)28(24(21)31)19-5-7-20(8-6-19)35(25,32)33/h2-8,15,21H,9-14,16H2,1H3,(H2,25,32,33). The molecule has 186 valence electrons. The molecule has 4 rings (SSSR count). The molecule has 2 aromatic rings. The van der Waals surface area contributed by atoms with Gasteiger partial charge in [-0.1, -0.05) is 17.7 Å². The van der Waals surface area contributed by atoms with Crippen LogP contribution >= 0.6 is 0 Å². The largest absolute Gasteiger partial charge is 0.379 e. The molecule has 35 heavy (non-hydrogen) atoms. The fraction of sp³-hybridized carbons (Fsp3) is 0.375. The van der Waals surface area contributed by atoms with Gasteiger partial charge in [-0.25, -0.2) is 18.5 Å². The smallest absolute Gasteiger partial charge is 0.257 e. The Morgan fingerprint density at radius 1 is 1.11 bits per heavy atom. The van der Waals surface area contributed by atoms with Gasteiger partial charge in [0.2, 0.25) is 15.9 Å². The third-order valence-corrected chi connectivity index (χ3v) is 7.14. The molecule has 0 bridgehead atoms. The molecule has 2 aliphatic heterocycles. The molecule has 0 radical (unpaired) electrons. The minimum atomic E-state index is -3.91. The van der Waals surface area contributed by atoms with Gasteiger partial charge in [0.15, 0.2) is 0 Å². The number of ether oxygens (including phenoxy) is 1. The summed E-state index contributed by atoms with van der Waals surface area (Å²) in [6, 6.07) is 11.4. The maximum atomic E-state index is 13.5. The monoisotopic (exact) mass is 500 g/mol. The number of hydrogen-bond donors (Lipinski definition) is 1. The van der Waals surface area contributed by atoms with Crippen LogP contribution in [0.1, 0.15) is 22.3 Å². The fourth-order valence-corrected chi connectivity index (χ4v) is 4.85. The number of carbonyl (C=O) groups is 3. The molecule has 0 aliphatic carbocycles. The van der Waals surface area contributed by atoms with E-state index < -0.39 is 27.9 Å². The quantitative estimate of drug-likeness (QED) is 0.555. The van der Waals surface area contributed by atoms with E-state index in [1.165, 1.54) is 29.2 Å². The SMILES string of the molecule is Cc1cccc(C(=O)N(CCN2CCOCC2)C2CC(=O)N(c3ccc(S(N)(=O)=O)cc3)C2=O)c1. The summed E-state index contributed by atoms with van der Waals surface area (Å²) >= 11 is 0. The van der Waals surface area contributed by atoms with Crippen LogP contribution < -0.4 is 10.0 Å². The molecule has 0 spiro atoms. The van der Waals surface area contributed by atoms with Crippen molar-refractivity contribution in [1.29, 1.82) is 0 Å². The van der Waals surface area contributed by atoms with Gasteiger partial charge in [0.05, 0.1) is 30.2 Å². The molecule has 2 N–H and O–H groups in total. The Labute approximate surface area is 204 Å². The number of primary sulfonamides is 1. The van der Waals surface area contributed by atoms with Crippen LogP contribution in [0.5, 0.6) is 0 Å². The van der Waals surface area contributed by atoms with Crippen molar-refractivity contribution in [2.24, 2.45) is 5.14 Å². The molecule has 2 fully saturated rings. The van der Waals surface area contributed by atoms with Gasteiger partial charge < -0.3 is 9.64 Å². The van der Waals surface area contributed by atoms with E-state index in [-0.39, 0.29) is 29.5 Å². The zero-order chi connectivity index (χ0) is 25.2. The average Bonchev–Trinajstić information content (AvgIpc) is 3.13. The number of imide groups is 1. The molecule has 0 aromatic heterocycles. The first-order valence-corrected chi connectivity index (χ1v) is 12.9.